The van der Waals surface area contributed by atoms with Crippen LogP contribution in [0.5, 0.6) is 0 Å². The highest BCUT2D eigenvalue weighted by atomic mass is 32.2. The summed E-state index contributed by atoms with van der Waals surface area (Å²) >= 11 is 0. The number of carbonyl (C=O) groups is 1. The smallest absolute Gasteiger partial charge is 0.241 e. The second-order valence-corrected chi connectivity index (χ2v) is 7.50. The van der Waals surface area contributed by atoms with Crippen LogP contribution in [0.3, 0.4) is 0 Å². The maximum atomic E-state index is 12.2. The van der Waals surface area contributed by atoms with Gasteiger partial charge in [0.1, 0.15) is 0 Å². The second kappa shape index (κ2) is 6.58. The molecule has 1 heterocycles. The number of nitrogens with one attached hydrogen (secondary N) is 1. The molecule has 0 aromatic heterocycles. The number of hydrogen-bond acceptors (Lipinski definition) is 3. The van der Waals surface area contributed by atoms with Gasteiger partial charge < -0.3 is 4.90 Å². The molecule has 1 aromatic rings. The van der Waals surface area contributed by atoms with E-state index < -0.39 is 10.0 Å². The number of aryl methyl sites for hydroxylation is 1. The Bertz CT molecular complexity index is 613. The Morgan fingerprint density at radius 3 is 2.86 bits per heavy atom. The molecule has 2 rings (SSSR count). The minimum Gasteiger partial charge on any atom is -0.341 e. The lowest BCUT2D eigenvalue weighted by molar-refractivity contribution is -0.131. The van der Waals surface area contributed by atoms with Crippen LogP contribution in [0.2, 0.25) is 0 Å². The van der Waals surface area contributed by atoms with Gasteiger partial charge in [0.25, 0.3) is 0 Å². The van der Waals surface area contributed by atoms with Gasteiger partial charge in [0, 0.05) is 13.1 Å². The molecule has 1 amide bonds. The Morgan fingerprint density at radius 2 is 2.19 bits per heavy atom. The van der Waals surface area contributed by atoms with Crippen molar-refractivity contribution in [1.29, 1.82) is 0 Å². The lowest BCUT2D eigenvalue weighted by Crippen LogP contribution is -2.44. The normalized spacial score (nSPS) is 19.5. The number of piperidine rings is 1. The molecule has 1 unspecified atom stereocenters. The van der Waals surface area contributed by atoms with Crippen LogP contribution in [0.15, 0.2) is 29.2 Å². The van der Waals surface area contributed by atoms with Crippen molar-refractivity contribution in [1.82, 2.24) is 9.62 Å². The maximum absolute atomic E-state index is 12.2. The molecular weight excluding hydrogens is 288 g/mol. The summed E-state index contributed by atoms with van der Waals surface area (Å²) in [6.45, 7) is 5.19. The molecule has 116 valence electrons. The van der Waals surface area contributed by atoms with E-state index in [2.05, 4.69) is 11.6 Å². The third-order valence-corrected chi connectivity index (χ3v) is 5.12. The number of likely N-dealkylation sites (tertiary alicyclic amines) is 1. The summed E-state index contributed by atoms with van der Waals surface area (Å²) in [6.07, 6.45) is 2.11. The van der Waals surface area contributed by atoms with Gasteiger partial charge in [-0.1, -0.05) is 19.1 Å². The first-order chi connectivity index (χ1) is 9.88. The fraction of sp³-hybridized carbons (Fsp3) is 0.533. The van der Waals surface area contributed by atoms with E-state index in [0.29, 0.717) is 12.5 Å². The Balaban J connectivity index is 1.97. The summed E-state index contributed by atoms with van der Waals surface area (Å²) in [5, 5.41) is 0. The topological polar surface area (TPSA) is 66.5 Å². The molecule has 0 bridgehead atoms. The lowest BCUT2D eigenvalue weighted by atomic mass is 10.0. The van der Waals surface area contributed by atoms with Gasteiger partial charge in [-0.25, -0.2) is 13.1 Å². The fourth-order valence-corrected chi connectivity index (χ4v) is 3.63. The first-order valence-corrected chi connectivity index (χ1v) is 8.71. The van der Waals surface area contributed by atoms with Crippen molar-refractivity contribution in [3.05, 3.63) is 29.8 Å². The summed E-state index contributed by atoms with van der Waals surface area (Å²) in [7, 11) is -3.63. The average molecular weight is 310 g/mol. The first-order valence-electron chi connectivity index (χ1n) is 7.22. The van der Waals surface area contributed by atoms with E-state index >= 15 is 0 Å². The van der Waals surface area contributed by atoms with Gasteiger partial charge in [-0.2, -0.15) is 0 Å². The van der Waals surface area contributed by atoms with E-state index in [1.807, 2.05) is 13.0 Å². The number of hydrogen-bond donors (Lipinski definition) is 1. The molecule has 1 saturated heterocycles. The summed E-state index contributed by atoms with van der Waals surface area (Å²) in [6, 6.07) is 6.65. The van der Waals surface area contributed by atoms with Gasteiger partial charge in [0.15, 0.2) is 0 Å². The third kappa shape index (κ3) is 4.28. The van der Waals surface area contributed by atoms with Crippen molar-refractivity contribution < 1.29 is 13.2 Å². The molecule has 0 radical (unpaired) electrons. The second-order valence-electron chi connectivity index (χ2n) is 5.73. The van der Waals surface area contributed by atoms with Crippen molar-refractivity contribution in [2.24, 2.45) is 5.92 Å². The minimum absolute atomic E-state index is 0.155. The average Bonchev–Trinajstić information content (AvgIpc) is 2.45. The SMILES string of the molecule is Cc1cccc(S(=O)(=O)NCC(=O)N2CCCC(C)C2)c1. The van der Waals surface area contributed by atoms with Crippen LogP contribution < -0.4 is 4.72 Å². The molecule has 1 aromatic carbocycles. The Morgan fingerprint density at radius 1 is 1.43 bits per heavy atom. The van der Waals surface area contributed by atoms with Crippen molar-refractivity contribution in [2.45, 2.75) is 31.6 Å². The summed E-state index contributed by atoms with van der Waals surface area (Å²) < 4.78 is 26.7. The number of amides is 1. The summed E-state index contributed by atoms with van der Waals surface area (Å²) in [5.74, 6) is 0.328. The highest BCUT2D eigenvalue weighted by Crippen LogP contribution is 2.15. The van der Waals surface area contributed by atoms with E-state index in [1.165, 1.54) is 6.07 Å². The minimum atomic E-state index is -3.63. The molecule has 1 fully saturated rings. The molecule has 5 nitrogen and oxygen atoms in total. The quantitative estimate of drug-likeness (QED) is 0.917. The van der Waals surface area contributed by atoms with Crippen LogP contribution in [-0.4, -0.2) is 38.9 Å². The molecule has 0 aliphatic carbocycles. The fourth-order valence-electron chi connectivity index (χ4n) is 2.55. The van der Waals surface area contributed by atoms with Gasteiger partial charge in [-0.15, -0.1) is 0 Å². The van der Waals surface area contributed by atoms with Crippen LogP contribution in [0.1, 0.15) is 25.3 Å². The predicted molar refractivity (Wildman–Crippen MR) is 81.3 cm³/mol. The lowest BCUT2D eigenvalue weighted by Gasteiger charge is -2.31. The molecule has 1 N–H and O–H groups in total. The molecule has 1 aliphatic rings. The highest BCUT2D eigenvalue weighted by molar-refractivity contribution is 7.89. The number of nitrogens with zero attached hydrogens (tertiary/aromatic N) is 1. The van der Waals surface area contributed by atoms with Crippen molar-refractivity contribution in [3.63, 3.8) is 0 Å². The Hall–Kier alpha value is -1.40. The van der Waals surface area contributed by atoms with Gasteiger partial charge in [0.05, 0.1) is 11.4 Å². The summed E-state index contributed by atoms with van der Waals surface area (Å²) in [5.41, 5.74) is 0.869. The summed E-state index contributed by atoms with van der Waals surface area (Å²) in [4.78, 5) is 14.0. The van der Waals surface area contributed by atoms with E-state index in [-0.39, 0.29) is 17.3 Å². The monoisotopic (exact) mass is 310 g/mol. The van der Waals surface area contributed by atoms with E-state index in [9.17, 15) is 13.2 Å². The number of benzene rings is 1. The molecular formula is C15H22N2O3S. The van der Waals surface area contributed by atoms with E-state index in [1.54, 1.807) is 17.0 Å². The number of sulfonamides is 1. The standard InChI is InChI=1S/C15H22N2O3S/c1-12-5-3-7-14(9-12)21(19,20)16-10-15(18)17-8-4-6-13(2)11-17/h3,5,7,9,13,16H,4,6,8,10-11H2,1-2H3. The zero-order valence-electron chi connectivity index (χ0n) is 12.5. The van der Waals surface area contributed by atoms with E-state index in [0.717, 1.165) is 24.9 Å². The van der Waals surface area contributed by atoms with Crippen LogP contribution >= 0.6 is 0 Å². The first kappa shape index (κ1) is 16.0. The van der Waals surface area contributed by atoms with Crippen LogP contribution in [0, 0.1) is 12.8 Å². The molecule has 21 heavy (non-hydrogen) atoms. The molecule has 0 saturated carbocycles. The van der Waals surface area contributed by atoms with Crippen molar-refractivity contribution in [3.8, 4) is 0 Å². The predicted octanol–water partition coefficient (Wildman–Crippen LogP) is 1.53. The number of carbonyl (C=O) groups excluding carboxylic acids is 1. The van der Waals surface area contributed by atoms with Gasteiger partial charge in [0.2, 0.25) is 15.9 Å². The Kier molecular flexibility index (Phi) is 5.00. The molecule has 0 spiro atoms. The van der Waals surface area contributed by atoms with Gasteiger partial charge in [-0.3, -0.25) is 4.79 Å². The van der Waals surface area contributed by atoms with E-state index in [4.69, 9.17) is 0 Å². The molecule has 1 aliphatic heterocycles. The largest absolute Gasteiger partial charge is 0.341 e. The highest BCUT2D eigenvalue weighted by Gasteiger charge is 2.22. The van der Waals surface area contributed by atoms with Crippen LogP contribution in [0.25, 0.3) is 0 Å². The molecule has 6 heteroatoms. The Labute approximate surface area is 126 Å². The number of rotatable bonds is 4. The van der Waals surface area contributed by atoms with Crippen molar-refractivity contribution >= 4 is 15.9 Å². The van der Waals surface area contributed by atoms with Crippen LogP contribution in [0.4, 0.5) is 0 Å². The molecule has 1 atom stereocenters. The zero-order valence-corrected chi connectivity index (χ0v) is 13.3. The zero-order chi connectivity index (χ0) is 15.5. The van der Waals surface area contributed by atoms with Crippen LogP contribution in [-0.2, 0) is 14.8 Å². The van der Waals surface area contributed by atoms with Gasteiger partial charge in [-0.05, 0) is 43.4 Å². The maximum Gasteiger partial charge on any atom is 0.241 e. The van der Waals surface area contributed by atoms with Crippen molar-refractivity contribution in [2.75, 3.05) is 19.6 Å². The third-order valence-electron chi connectivity index (χ3n) is 3.72. The van der Waals surface area contributed by atoms with Gasteiger partial charge >= 0.3 is 0 Å².